The number of hydrogen-bond acceptors (Lipinski definition) is 4. The summed E-state index contributed by atoms with van der Waals surface area (Å²) in [7, 11) is 1.83. The van der Waals surface area contributed by atoms with Gasteiger partial charge in [0.05, 0.1) is 17.2 Å². The molecule has 0 aromatic carbocycles. The van der Waals surface area contributed by atoms with Gasteiger partial charge in [0.2, 0.25) is 5.88 Å². The van der Waals surface area contributed by atoms with Gasteiger partial charge in [0.25, 0.3) is 0 Å². The van der Waals surface area contributed by atoms with Gasteiger partial charge in [-0.15, -0.1) is 0 Å². The van der Waals surface area contributed by atoms with Gasteiger partial charge in [-0.25, -0.2) is 9.48 Å². The topological polar surface area (TPSA) is 56.6 Å². The SMILES string of the molecule is Cn1ncc(Br)c1O[C@@H]1CCCN(C(=O)OC(C)(C)C)C1. The van der Waals surface area contributed by atoms with Crippen LogP contribution in [-0.4, -0.2) is 45.6 Å². The van der Waals surface area contributed by atoms with Gasteiger partial charge in [-0.05, 0) is 49.5 Å². The lowest BCUT2D eigenvalue weighted by atomic mass is 10.1. The van der Waals surface area contributed by atoms with E-state index in [-0.39, 0.29) is 12.2 Å². The fourth-order valence-electron chi connectivity index (χ4n) is 2.22. The van der Waals surface area contributed by atoms with E-state index in [2.05, 4.69) is 21.0 Å². The largest absolute Gasteiger partial charge is 0.472 e. The average Bonchev–Trinajstić information content (AvgIpc) is 2.69. The Hall–Kier alpha value is -1.24. The smallest absolute Gasteiger partial charge is 0.410 e. The average molecular weight is 360 g/mol. The van der Waals surface area contributed by atoms with Crippen molar-refractivity contribution in [2.24, 2.45) is 7.05 Å². The molecule has 1 aromatic rings. The van der Waals surface area contributed by atoms with E-state index in [0.29, 0.717) is 19.0 Å². The van der Waals surface area contributed by atoms with E-state index in [4.69, 9.17) is 9.47 Å². The Bertz CT molecular complexity index is 491. The van der Waals surface area contributed by atoms with Gasteiger partial charge in [0, 0.05) is 13.6 Å². The van der Waals surface area contributed by atoms with Crippen LogP contribution in [0.1, 0.15) is 33.6 Å². The molecule has 0 saturated carbocycles. The second-order valence-electron chi connectivity index (χ2n) is 6.23. The third-order valence-electron chi connectivity index (χ3n) is 3.15. The zero-order valence-electron chi connectivity index (χ0n) is 12.9. The van der Waals surface area contributed by atoms with Crippen molar-refractivity contribution in [3.63, 3.8) is 0 Å². The summed E-state index contributed by atoms with van der Waals surface area (Å²) in [6.45, 7) is 6.86. The molecule has 6 nitrogen and oxygen atoms in total. The third-order valence-corrected chi connectivity index (χ3v) is 3.69. The van der Waals surface area contributed by atoms with Crippen LogP contribution in [0.25, 0.3) is 0 Å². The van der Waals surface area contributed by atoms with Crippen LogP contribution < -0.4 is 4.74 Å². The van der Waals surface area contributed by atoms with Gasteiger partial charge in [-0.3, -0.25) is 0 Å². The molecule has 21 heavy (non-hydrogen) atoms. The standard InChI is InChI=1S/C14H22BrN3O3/c1-14(2,3)21-13(19)18-7-5-6-10(9-18)20-12-11(15)8-16-17(12)4/h8,10H,5-7,9H2,1-4H3/t10-/m1/s1. The van der Waals surface area contributed by atoms with Gasteiger partial charge in [0.1, 0.15) is 11.7 Å². The highest BCUT2D eigenvalue weighted by atomic mass is 79.9. The van der Waals surface area contributed by atoms with Gasteiger partial charge in [-0.1, -0.05) is 0 Å². The zero-order chi connectivity index (χ0) is 15.6. The molecular formula is C14H22BrN3O3. The van der Waals surface area contributed by atoms with Gasteiger partial charge >= 0.3 is 6.09 Å². The number of aryl methyl sites for hydroxylation is 1. The molecule has 0 radical (unpaired) electrons. The van der Waals surface area contributed by atoms with E-state index in [1.165, 1.54) is 0 Å². The van der Waals surface area contributed by atoms with Crippen molar-refractivity contribution in [2.75, 3.05) is 13.1 Å². The second kappa shape index (κ2) is 6.25. The molecule has 1 aliphatic heterocycles. The van der Waals surface area contributed by atoms with Crippen molar-refractivity contribution >= 4 is 22.0 Å². The van der Waals surface area contributed by atoms with E-state index in [9.17, 15) is 4.79 Å². The van der Waals surface area contributed by atoms with Crippen LogP contribution in [0.2, 0.25) is 0 Å². The monoisotopic (exact) mass is 359 g/mol. The lowest BCUT2D eigenvalue weighted by Crippen LogP contribution is -2.46. The molecule has 118 valence electrons. The number of carbonyl (C=O) groups is 1. The van der Waals surface area contributed by atoms with Crippen molar-refractivity contribution in [3.8, 4) is 5.88 Å². The summed E-state index contributed by atoms with van der Waals surface area (Å²) in [6.07, 6.45) is 3.19. The van der Waals surface area contributed by atoms with E-state index >= 15 is 0 Å². The molecular weight excluding hydrogens is 338 g/mol. The first-order valence-electron chi connectivity index (χ1n) is 7.08. The predicted octanol–water partition coefficient (Wildman–Crippen LogP) is 2.96. The number of aromatic nitrogens is 2. The minimum Gasteiger partial charge on any atom is -0.472 e. The van der Waals surface area contributed by atoms with Crippen molar-refractivity contribution in [1.29, 1.82) is 0 Å². The highest BCUT2D eigenvalue weighted by Crippen LogP contribution is 2.26. The maximum absolute atomic E-state index is 12.1. The Morgan fingerprint density at radius 3 is 2.76 bits per heavy atom. The molecule has 0 bridgehead atoms. The molecule has 1 aliphatic rings. The fourth-order valence-corrected chi connectivity index (χ4v) is 2.66. The highest BCUT2D eigenvalue weighted by molar-refractivity contribution is 9.10. The van der Waals surface area contributed by atoms with E-state index < -0.39 is 5.60 Å². The van der Waals surface area contributed by atoms with Crippen molar-refractivity contribution in [2.45, 2.75) is 45.3 Å². The molecule has 1 saturated heterocycles. The summed E-state index contributed by atoms with van der Waals surface area (Å²) in [6, 6.07) is 0. The molecule has 2 rings (SSSR count). The van der Waals surface area contributed by atoms with Gasteiger partial charge in [-0.2, -0.15) is 5.10 Å². The lowest BCUT2D eigenvalue weighted by molar-refractivity contribution is 0.00667. The van der Waals surface area contributed by atoms with Gasteiger partial charge < -0.3 is 14.4 Å². The molecule has 1 atom stereocenters. The zero-order valence-corrected chi connectivity index (χ0v) is 14.5. The summed E-state index contributed by atoms with van der Waals surface area (Å²) < 4.78 is 13.9. The lowest BCUT2D eigenvalue weighted by Gasteiger charge is -2.34. The summed E-state index contributed by atoms with van der Waals surface area (Å²) in [5.41, 5.74) is -0.476. The molecule has 0 unspecified atom stereocenters. The molecule has 1 amide bonds. The highest BCUT2D eigenvalue weighted by Gasteiger charge is 2.29. The van der Waals surface area contributed by atoms with E-state index in [1.54, 1.807) is 15.8 Å². The third kappa shape index (κ3) is 4.36. The number of rotatable bonds is 2. The summed E-state index contributed by atoms with van der Waals surface area (Å²) in [5, 5.41) is 4.12. The maximum atomic E-state index is 12.1. The predicted molar refractivity (Wildman–Crippen MR) is 82.4 cm³/mol. The normalized spacial score (nSPS) is 19.5. The van der Waals surface area contributed by atoms with E-state index in [1.807, 2.05) is 27.8 Å². The van der Waals surface area contributed by atoms with Gasteiger partial charge in [0.15, 0.2) is 0 Å². The first-order valence-corrected chi connectivity index (χ1v) is 7.87. The van der Waals surface area contributed by atoms with Crippen molar-refractivity contribution < 1.29 is 14.3 Å². The number of carbonyl (C=O) groups excluding carboxylic acids is 1. The number of likely N-dealkylation sites (tertiary alicyclic amines) is 1. The van der Waals surface area contributed by atoms with Crippen LogP contribution in [0.3, 0.4) is 0 Å². The molecule has 0 spiro atoms. The molecule has 1 fully saturated rings. The van der Waals surface area contributed by atoms with Crippen LogP contribution in [-0.2, 0) is 11.8 Å². The summed E-state index contributed by atoms with van der Waals surface area (Å²) in [5.74, 6) is 0.686. The molecule has 0 aliphatic carbocycles. The van der Waals surface area contributed by atoms with Crippen molar-refractivity contribution in [3.05, 3.63) is 10.7 Å². The molecule has 0 N–H and O–H groups in total. The quantitative estimate of drug-likeness (QED) is 0.814. The second-order valence-corrected chi connectivity index (χ2v) is 7.08. The van der Waals surface area contributed by atoms with Crippen molar-refractivity contribution in [1.82, 2.24) is 14.7 Å². The maximum Gasteiger partial charge on any atom is 0.410 e. The van der Waals surface area contributed by atoms with Crippen LogP contribution in [0.15, 0.2) is 10.7 Å². The fraction of sp³-hybridized carbons (Fsp3) is 0.714. The Labute approximate surface area is 133 Å². The Morgan fingerprint density at radius 2 is 2.19 bits per heavy atom. The number of halogens is 1. The summed E-state index contributed by atoms with van der Waals surface area (Å²) >= 11 is 3.41. The molecule has 1 aromatic heterocycles. The minimum atomic E-state index is -0.476. The minimum absolute atomic E-state index is 0.0435. The molecule has 2 heterocycles. The number of amides is 1. The number of ether oxygens (including phenoxy) is 2. The van der Waals surface area contributed by atoms with Crippen LogP contribution in [0.4, 0.5) is 4.79 Å². The number of nitrogens with zero attached hydrogens (tertiary/aromatic N) is 3. The van der Waals surface area contributed by atoms with E-state index in [0.717, 1.165) is 17.3 Å². The number of piperidine rings is 1. The van der Waals surface area contributed by atoms with Crippen LogP contribution in [0, 0.1) is 0 Å². The molecule has 7 heteroatoms. The number of hydrogen-bond donors (Lipinski definition) is 0. The first kappa shape index (κ1) is 16.1. The Kier molecular flexibility index (Phi) is 4.81. The summed E-state index contributed by atoms with van der Waals surface area (Å²) in [4.78, 5) is 13.8. The Balaban J connectivity index is 1.96. The van der Waals surface area contributed by atoms with Crippen LogP contribution >= 0.6 is 15.9 Å². The Morgan fingerprint density at radius 1 is 1.48 bits per heavy atom. The first-order chi connectivity index (χ1) is 9.76. The van der Waals surface area contributed by atoms with Crippen LogP contribution in [0.5, 0.6) is 5.88 Å².